The van der Waals surface area contributed by atoms with Crippen LogP contribution in [0, 0.1) is 6.92 Å². The first-order valence-electron chi connectivity index (χ1n) is 6.13. The molecule has 1 N–H and O–H groups in total. The highest BCUT2D eigenvalue weighted by Crippen LogP contribution is 2.28. The minimum absolute atomic E-state index is 0.934. The summed E-state index contributed by atoms with van der Waals surface area (Å²) >= 11 is 1.67. The predicted octanol–water partition coefficient (Wildman–Crippen LogP) is 1.57. The Morgan fingerprint density at radius 1 is 1.22 bits per heavy atom. The van der Waals surface area contributed by atoms with Crippen molar-refractivity contribution in [2.75, 3.05) is 38.7 Å². The first-order valence-corrected chi connectivity index (χ1v) is 7.01. The molecule has 0 spiro atoms. The molecule has 1 fully saturated rings. The molecule has 96 valence electrons. The number of likely N-dealkylation sites (N-methyl/N-ethyl adjacent to an activating group) is 1. The van der Waals surface area contributed by atoms with E-state index in [1.165, 1.54) is 5.56 Å². The molecule has 0 atom stereocenters. The van der Waals surface area contributed by atoms with E-state index in [1.807, 2.05) is 0 Å². The number of rotatable bonds is 2. The normalized spacial score (nSPS) is 18.3. The highest BCUT2D eigenvalue weighted by molar-refractivity contribution is 7.17. The quantitative estimate of drug-likeness (QED) is 0.891. The van der Waals surface area contributed by atoms with E-state index in [2.05, 4.69) is 44.7 Å². The van der Waals surface area contributed by atoms with Crippen LogP contribution in [0.3, 0.4) is 0 Å². The number of aromatic nitrogens is 2. The predicted molar refractivity (Wildman–Crippen MR) is 74.8 cm³/mol. The number of nitrogens with zero attached hydrogens (tertiary/aromatic N) is 4. The van der Waals surface area contributed by atoms with Crippen LogP contribution < -0.4 is 5.43 Å². The summed E-state index contributed by atoms with van der Waals surface area (Å²) in [6.07, 6.45) is 1.64. The summed E-state index contributed by atoms with van der Waals surface area (Å²) in [7, 11) is 2.16. The van der Waals surface area contributed by atoms with Crippen LogP contribution in [0.4, 0.5) is 5.82 Å². The summed E-state index contributed by atoms with van der Waals surface area (Å²) in [5.41, 5.74) is 4.68. The molecule has 2 aromatic rings. The van der Waals surface area contributed by atoms with Gasteiger partial charge in [-0.1, -0.05) is 0 Å². The Morgan fingerprint density at radius 3 is 2.78 bits per heavy atom. The van der Waals surface area contributed by atoms with Crippen LogP contribution in [-0.2, 0) is 0 Å². The van der Waals surface area contributed by atoms with Gasteiger partial charge in [0.1, 0.15) is 11.2 Å². The van der Waals surface area contributed by atoms with E-state index in [9.17, 15) is 0 Å². The molecule has 0 bridgehead atoms. The van der Waals surface area contributed by atoms with E-state index in [1.54, 1.807) is 17.7 Å². The number of hydrazine groups is 1. The van der Waals surface area contributed by atoms with Gasteiger partial charge in [-0.05, 0) is 24.9 Å². The molecular weight excluding hydrogens is 246 g/mol. The van der Waals surface area contributed by atoms with Gasteiger partial charge in [0.05, 0.1) is 5.39 Å². The summed E-state index contributed by atoms with van der Waals surface area (Å²) < 4.78 is 0. The van der Waals surface area contributed by atoms with Gasteiger partial charge in [-0.3, -0.25) is 0 Å². The number of hydrogen-bond acceptors (Lipinski definition) is 6. The van der Waals surface area contributed by atoms with Crippen LogP contribution in [0.2, 0.25) is 0 Å². The maximum absolute atomic E-state index is 4.38. The lowest BCUT2D eigenvalue weighted by Crippen LogP contribution is -2.47. The second kappa shape index (κ2) is 4.79. The van der Waals surface area contributed by atoms with Gasteiger partial charge in [0.15, 0.2) is 5.82 Å². The lowest BCUT2D eigenvalue weighted by atomic mass is 10.2. The lowest BCUT2D eigenvalue weighted by molar-refractivity contribution is 0.178. The molecule has 0 unspecified atom stereocenters. The fourth-order valence-electron chi connectivity index (χ4n) is 2.17. The number of nitrogens with one attached hydrogen (secondary N) is 1. The van der Waals surface area contributed by atoms with Gasteiger partial charge in [-0.25, -0.2) is 15.0 Å². The van der Waals surface area contributed by atoms with E-state index in [-0.39, 0.29) is 0 Å². The van der Waals surface area contributed by atoms with Gasteiger partial charge in [0.25, 0.3) is 0 Å². The zero-order valence-electron chi connectivity index (χ0n) is 10.7. The van der Waals surface area contributed by atoms with Crippen molar-refractivity contribution in [3.8, 4) is 0 Å². The van der Waals surface area contributed by atoms with Gasteiger partial charge >= 0.3 is 0 Å². The Bertz CT molecular complexity index is 544. The van der Waals surface area contributed by atoms with Crippen molar-refractivity contribution in [1.29, 1.82) is 0 Å². The van der Waals surface area contributed by atoms with Crippen LogP contribution in [0.5, 0.6) is 0 Å². The van der Waals surface area contributed by atoms with Crippen molar-refractivity contribution in [1.82, 2.24) is 19.9 Å². The third-order valence-electron chi connectivity index (χ3n) is 3.32. The molecule has 0 saturated carbocycles. The molecular formula is C12H17N5S. The Hall–Kier alpha value is -1.24. The van der Waals surface area contributed by atoms with Crippen molar-refractivity contribution < 1.29 is 0 Å². The maximum Gasteiger partial charge on any atom is 0.152 e. The van der Waals surface area contributed by atoms with Crippen molar-refractivity contribution in [3.63, 3.8) is 0 Å². The van der Waals surface area contributed by atoms with Crippen molar-refractivity contribution in [3.05, 3.63) is 17.3 Å². The van der Waals surface area contributed by atoms with Crippen molar-refractivity contribution in [2.45, 2.75) is 6.92 Å². The van der Waals surface area contributed by atoms with E-state index >= 15 is 0 Å². The molecule has 18 heavy (non-hydrogen) atoms. The fourth-order valence-corrected chi connectivity index (χ4v) is 3.06. The zero-order valence-corrected chi connectivity index (χ0v) is 11.5. The topological polar surface area (TPSA) is 44.3 Å². The van der Waals surface area contributed by atoms with Gasteiger partial charge in [0, 0.05) is 26.2 Å². The van der Waals surface area contributed by atoms with E-state index < -0.39 is 0 Å². The number of hydrogen-bond donors (Lipinski definition) is 1. The number of aryl methyl sites for hydroxylation is 1. The molecule has 6 heteroatoms. The van der Waals surface area contributed by atoms with Crippen LogP contribution in [-0.4, -0.2) is 53.1 Å². The second-order valence-electron chi connectivity index (χ2n) is 4.72. The largest absolute Gasteiger partial charge is 0.304 e. The van der Waals surface area contributed by atoms with Crippen LogP contribution in [0.15, 0.2) is 11.7 Å². The zero-order chi connectivity index (χ0) is 12.5. The molecule has 0 radical (unpaired) electrons. The van der Waals surface area contributed by atoms with Crippen LogP contribution >= 0.6 is 11.3 Å². The molecule has 0 aromatic carbocycles. The summed E-state index contributed by atoms with van der Waals surface area (Å²) in [5, 5.41) is 5.52. The standard InChI is InChI=1S/C12H17N5S/c1-9-7-18-12-10(9)11(13-8-14-12)15-17-5-3-16(2)4-6-17/h7-8H,3-6H2,1-2H3,(H,13,14,15). The number of anilines is 1. The van der Waals surface area contributed by atoms with E-state index in [4.69, 9.17) is 0 Å². The van der Waals surface area contributed by atoms with E-state index in [0.717, 1.165) is 42.2 Å². The smallest absolute Gasteiger partial charge is 0.152 e. The Labute approximate surface area is 110 Å². The third kappa shape index (κ3) is 2.19. The van der Waals surface area contributed by atoms with Crippen molar-refractivity contribution in [2.24, 2.45) is 0 Å². The molecule has 0 aliphatic carbocycles. The molecule has 5 nitrogen and oxygen atoms in total. The summed E-state index contributed by atoms with van der Waals surface area (Å²) in [6.45, 7) is 6.32. The Kier molecular flexibility index (Phi) is 3.15. The number of thiophene rings is 1. The van der Waals surface area contributed by atoms with Gasteiger partial charge in [-0.2, -0.15) is 0 Å². The van der Waals surface area contributed by atoms with Gasteiger partial charge < -0.3 is 10.3 Å². The highest BCUT2D eigenvalue weighted by Gasteiger charge is 2.16. The molecule has 2 aromatic heterocycles. The Balaban J connectivity index is 1.84. The Morgan fingerprint density at radius 2 is 2.00 bits per heavy atom. The van der Waals surface area contributed by atoms with Crippen LogP contribution in [0.25, 0.3) is 10.2 Å². The molecule has 3 rings (SSSR count). The molecule has 1 aliphatic rings. The average molecular weight is 263 g/mol. The first-order chi connectivity index (χ1) is 8.74. The minimum atomic E-state index is 0.934. The monoisotopic (exact) mass is 263 g/mol. The minimum Gasteiger partial charge on any atom is -0.304 e. The first kappa shape index (κ1) is 11.8. The summed E-state index contributed by atoms with van der Waals surface area (Å²) in [5.74, 6) is 0.934. The average Bonchev–Trinajstić information content (AvgIpc) is 2.75. The number of fused-ring (bicyclic) bond motifs is 1. The fraction of sp³-hybridized carbons (Fsp3) is 0.500. The third-order valence-corrected chi connectivity index (χ3v) is 4.33. The molecule has 1 saturated heterocycles. The SMILES string of the molecule is Cc1csc2ncnc(NN3CCN(C)CC3)c12. The maximum atomic E-state index is 4.38. The van der Waals surface area contributed by atoms with Crippen molar-refractivity contribution >= 4 is 27.4 Å². The number of piperazine rings is 1. The van der Waals surface area contributed by atoms with E-state index in [0.29, 0.717) is 0 Å². The van der Waals surface area contributed by atoms with Gasteiger partial charge in [0.2, 0.25) is 0 Å². The van der Waals surface area contributed by atoms with Crippen LogP contribution in [0.1, 0.15) is 5.56 Å². The highest BCUT2D eigenvalue weighted by atomic mass is 32.1. The van der Waals surface area contributed by atoms with Gasteiger partial charge in [-0.15, -0.1) is 11.3 Å². The summed E-state index contributed by atoms with van der Waals surface area (Å²) in [6, 6.07) is 0. The molecule has 1 aliphatic heterocycles. The summed E-state index contributed by atoms with van der Waals surface area (Å²) in [4.78, 5) is 12.1. The molecule has 0 amide bonds. The lowest BCUT2D eigenvalue weighted by Gasteiger charge is -2.32. The molecule has 3 heterocycles. The second-order valence-corrected chi connectivity index (χ2v) is 5.58.